The first-order chi connectivity index (χ1) is 41.4. The lowest BCUT2D eigenvalue weighted by atomic mass is 9.69. The van der Waals surface area contributed by atoms with Gasteiger partial charge in [-0.05, 0) is 130 Å². The number of carboxylic acid groups (broad SMARTS) is 1. The van der Waals surface area contributed by atoms with E-state index in [0.29, 0.717) is 69.0 Å². The number of piperazine rings is 1. The van der Waals surface area contributed by atoms with E-state index in [1.165, 1.54) is 0 Å². The number of amides is 3. The molecule has 3 aliphatic heterocycles. The van der Waals surface area contributed by atoms with Gasteiger partial charge in [-0.2, -0.15) is 18.3 Å². The van der Waals surface area contributed by atoms with Gasteiger partial charge in [0.25, 0.3) is 5.56 Å². The Morgan fingerprint density at radius 1 is 0.674 bits per heavy atom. The van der Waals surface area contributed by atoms with Gasteiger partial charge in [-0.25, -0.2) is 14.3 Å². The first-order valence-corrected chi connectivity index (χ1v) is 30.5. The number of hydrogen-bond acceptors (Lipinski definition) is 11. The Morgan fingerprint density at radius 2 is 1.22 bits per heavy atom. The summed E-state index contributed by atoms with van der Waals surface area (Å²) in [6, 6.07) is 33.1. The van der Waals surface area contributed by atoms with Crippen molar-refractivity contribution in [3.63, 3.8) is 0 Å². The third kappa shape index (κ3) is 13.7. The number of urea groups is 1. The highest BCUT2D eigenvalue weighted by Crippen LogP contribution is 2.42. The lowest BCUT2D eigenvalue weighted by molar-refractivity contribution is -0.192. The number of nitrogens with one attached hydrogen (secondary N) is 1. The molecule has 0 bridgehead atoms. The number of piperidine rings is 2. The van der Waals surface area contributed by atoms with Crippen molar-refractivity contribution in [3.8, 4) is 0 Å². The van der Waals surface area contributed by atoms with Gasteiger partial charge in [0.2, 0.25) is 5.91 Å². The molecule has 0 radical (unpaired) electrons. The number of aryl methyl sites for hydroxylation is 1. The number of para-hydroxylation sites is 1. The molecule has 2 aliphatic carbocycles. The summed E-state index contributed by atoms with van der Waals surface area (Å²) in [6.07, 6.45) is 9.27. The zero-order valence-corrected chi connectivity index (χ0v) is 49.3. The highest BCUT2D eigenvalue weighted by atomic mass is 19.4. The summed E-state index contributed by atoms with van der Waals surface area (Å²) in [6.45, 7) is 7.52. The number of halogens is 3. The van der Waals surface area contributed by atoms with Gasteiger partial charge in [0.1, 0.15) is 6.04 Å². The SMILES string of the molecule is Cc1cc(C[C@@H](NC(=O)N2CCC(c3cc4ccccc4n(COC(=O)C4(c5ccccc5)CCCCC4)c3=O)CC2)C(=O)N2CCN(C3CCN(C)CC3)CC2)cc2cnn(COC(=O)C3(c4ccccc4)CCCCC3)c12.O=C(O)C(F)(F)F. The first kappa shape index (κ1) is 61.5. The number of carbonyl (C=O) groups excluding carboxylic acids is 4. The Hall–Kier alpha value is -7.58. The number of carboxylic acids is 1. The number of aliphatic carboxylic acids is 1. The molecule has 5 fully saturated rings. The van der Waals surface area contributed by atoms with Gasteiger partial charge in [0, 0.05) is 62.7 Å². The van der Waals surface area contributed by atoms with E-state index in [1.807, 2.05) is 109 Å². The maximum Gasteiger partial charge on any atom is 0.490 e. The smallest absolute Gasteiger partial charge is 0.475 e. The van der Waals surface area contributed by atoms with Crippen LogP contribution in [0.25, 0.3) is 21.8 Å². The van der Waals surface area contributed by atoms with Gasteiger partial charge < -0.3 is 34.6 Å². The van der Waals surface area contributed by atoms with Crippen LogP contribution in [-0.4, -0.2) is 147 Å². The highest BCUT2D eigenvalue weighted by Gasteiger charge is 2.45. The number of esters is 2. The van der Waals surface area contributed by atoms with Gasteiger partial charge in [-0.3, -0.25) is 28.6 Å². The van der Waals surface area contributed by atoms with E-state index in [1.54, 1.807) is 20.3 Å². The number of aromatic nitrogens is 3. The van der Waals surface area contributed by atoms with Gasteiger partial charge in [0.05, 0.1) is 28.1 Å². The van der Waals surface area contributed by atoms with E-state index >= 15 is 0 Å². The van der Waals surface area contributed by atoms with Crippen molar-refractivity contribution in [3.05, 3.63) is 147 Å². The molecule has 1 atom stereocenters. The predicted molar refractivity (Wildman–Crippen MR) is 319 cm³/mol. The molecule has 0 spiro atoms. The summed E-state index contributed by atoms with van der Waals surface area (Å²) in [5.74, 6) is -3.50. The second kappa shape index (κ2) is 27.0. The number of carbonyl (C=O) groups is 5. The zero-order chi connectivity index (χ0) is 60.6. The van der Waals surface area contributed by atoms with Crippen molar-refractivity contribution in [2.75, 3.05) is 59.4 Å². The lowest BCUT2D eigenvalue weighted by Gasteiger charge is -2.43. The Bertz CT molecular complexity index is 3410. The third-order valence-electron chi connectivity index (χ3n) is 18.8. The predicted octanol–water partition coefficient (Wildman–Crippen LogP) is 9.84. The molecular formula is C66H79F3N8O9. The van der Waals surface area contributed by atoms with Crippen LogP contribution < -0.4 is 10.9 Å². The van der Waals surface area contributed by atoms with Crippen LogP contribution in [0.2, 0.25) is 0 Å². The topological polar surface area (TPSA) is 189 Å². The van der Waals surface area contributed by atoms with Crippen LogP contribution in [0.5, 0.6) is 0 Å². The molecule has 20 heteroatoms. The molecule has 5 heterocycles. The fourth-order valence-electron chi connectivity index (χ4n) is 14.0. The summed E-state index contributed by atoms with van der Waals surface area (Å²) in [4.78, 5) is 89.7. The molecule has 5 aliphatic rings. The minimum Gasteiger partial charge on any atom is -0.475 e. The Labute approximate surface area is 499 Å². The monoisotopic (exact) mass is 1180 g/mol. The van der Waals surface area contributed by atoms with E-state index in [-0.39, 0.29) is 55.2 Å². The maximum absolute atomic E-state index is 14.8. The molecule has 86 heavy (non-hydrogen) atoms. The zero-order valence-electron chi connectivity index (χ0n) is 49.3. The highest BCUT2D eigenvalue weighted by molar-refractivity contribution is 5.89. The molecule has 17 nitrogen and oxygen atoms in total. The van der Waals surface area contributed by atoms with Crippen molar-refractivity contribution in [2.24, 2.45) is 0 Å². The van der Waals surface area contributed by atoms with E-state index in [4.69, 9.17) is 24.5 Å². The number of pyridine rings is 1. The molecule has 6 aromatic rings. The first-order valence-electron chi connectivity index (χ1n) is 30.5. The van der Waals surface area contributed by atoms with Crippen LogP contribution in [0.1, 0.15) is 124 Å². The fourth-order valence-corrected chi connectivity index (χ4v) is 14.0. The van der Waals surface area contributed by atoms with Gasteiger partial charge in [-0.15, -0.1) is 0 Å². The second-order valence-electron chi connectivity index (χ2n) is 24.2. The standard InChI is InChI=1S/C64H78N8O7.C2HF3O2/c1-46-39-47(40-50-43-65-72(57(46)50)45-79-61(76)64(29-15-6-16-30-64)52-20-9-4-10-21-52)41-55(59(74)69-37-35-68(36-38-69)53-25-31-67(2)32-26-53)66-62(77)70-33-23-48(24-34-70)54-42-49-17-11-12-22-56(49)71(58(54)73)44-78-60(75)63(27-13-5-14-28-63)51-18-7-3-8-19-51;3-2(4,5)1(6)7/h3-4,7-12,17-22,39-40,42-43,48,53,55H,5-6,13-16,23-38,41,44-45H2,1-2H3,(H,66,77);(H,6,7)/t55-;/m1./s1. The largest absolute Gasteiger partial charge is 0.490 e. The Balaban J connectivity index is 0.00000110. The minimum atomic E-state index is -5.08. The van der Waals surface area contributed by atoms with Crippen LogP contribution in [0.4, 0.5) is 18.0 Å². The molecule has 2 aromatic heterocycles. The summed E-state index contributed by atoms with van der Waals surface area (Å²) < 4.78 is 47.4. The molecule has 11 rings (SSSR count). The molecule has 3 saturated heterocycles. The summed E-state index contributed by atoms with van der Waals surface area (Å²) in [5.41, 5.74) is 4.37. The second-order valence-corrected chi connectivity index (χ2v) is 24.2. The number of likely N-dealkylation sites (tertiary alicyclic amines) is 2. The number of ether oxygens (including phenoxy) is 2. The minimum absolute atomic E-state index is 0.0172. The van der Waals surface area contributed by atoms with Crippen LogP contribution in [-0.2, 0) is 59.4 Å². The van der Waals surface area contributed by atoms with E-state index in [0.717, 1.165) is 129 Å². The summed E-state index contributed by atoms with van der Waals surface area (Å²) in [5, 5.41) is 16.8. The van der Waals surface area contributed by atoms with Crippen molar-refractivity contribution in [1.29, 1.82) is 0 Å². The Morgan fingerprint density at radius 3 is 1.79 bits per heavy atom. The van der Waals surface area contributed by atoms with Gasteiger partial charge >= 0.3 is 30.1 Å². The van der Waals surface area contributed by atoms with Crippen molar-refractivity contribution < 1.29 is 51.7 Å². The third-order valence-corrected chi connectivity index (χ3v) is 18.8. The van der Waals surface area contributed by atoms with Crippen LogP contribution in [0.15, 0.2) is 114 Å². The van der Waals surface area contributed by atoms with Crippen LogP contribution >= 0.6 is 0 Å². The maximum atomic E-state index is 14.8. The number of hydrogen-bond donors (Lipinski definition) is 2. The summed E-state index contributed by atoms with van der Waals surface area (Å²) >= 11 is 0. The van der Waals surface area contributed by atoms with Crippen molar-refractivity contribution >= 4 is 51.7 Å². The molecule has 3 amide bonds. The Kier molecular flexibility index (Phi) is 19.3. The molecule has 2 saturated carbocycles. The van der Waals surface area contributed by atoms with Crippen LogP contribution in [0.3, 0.4) is 0 Å². The normalized spacial score (nSPS) is 19.3. The number of fused-ring (bicyclic) bond motifs is 2. The molecular weight excluding hydrogens is 1110 g/mol. The number of alkyl halides is 3. The average Bonchev–Trinajstić information content (AvgIpc) is 1.38. The number of benzene rings is 4. The summed E-state index contributed by atoms with van der Waals surface area (Å²) in [7, 11) is 2.17. The van der Waals surface area contributed by atoms with Gasteiger partial charge in [0.15, 0.2) is 13.5 Å². The average molecular weight is 1190 g/mol. The molecule has 2 N–H and O–H groups in total. The quantitative estimate of drug-likeness (QED) is 0.0984. The number of rotatable bonds is 14. The van der Waals surface area contributed by atoms with Gasteiger partial charge in [-0.1, -0.05) is 123 Å². The lowest BCUT2D eigenvalue weighted by Crippen LogP contribution is -2.59. The van der Waals surface area contributed by atoms with Crippen LogP contribution in [0, 0.1) is 6.92 Å². The fraction of sp³-hybridized carbons (Fsp3) is 0.500. The van der Waals surface area contributed by atoms with E-state index < -0.39 is 29.0 Å². The number of nitrogens with zero attached hydrogens (tertiary/aromatic N) is 7. The van der Waals surface area contributed by atoms with E-state index in [9.17, 15) is 37.1 Å². The molecule has 4 aromatic carbocycles. The van der Waals surface area contributed by atoms with Crippen molar-refractivity contribution in [1.82, 2.24) is 39.3 Å². The van der Waals surface area contributed by atoms with Crippen molar-refractivity contribution in [2.45, 2.75) is 152 Å². The molecule has 0 unspecified atom stereocenters. The molecule has 458 valence electrons. The van der Waals surface area contributed by atoms with E-state index in [2.05, 4.69) is 28.2 Å².